The second-order valence-corrected chi connectivity index (χ2v) is 7.99. The van der Waals surface area contributed by atoms with E-state index in [0.717, 1.165) is 31.1 Å². The molecular weight excluding hydrogens is 314 g/mol. The minimum atomic E-state index is -0.225. The SMILES string of the molecule is O=[N+]([O-])c1ccccc1CN1CCN2CCCC2C1C1CCCCC1. The number of fused-ring (bicyclic) bond motifs is 1. The number of nitrogens with zero attached hydrogens (tertiary/aromatic N) is 3. The van der Waals surface area contributed by atoms with Crippen molar-refractivity contribution in [2.75, 3.05) is 19.6 Å². The largest absolute Gasteiger partial charge is 0.298 e. The zero-order valence-electron chi connectivity index (χ0n) is 15.0. The Hall–Kier alpha value is -1.46. The number of benzene rings is 1. The molecule has 0 radical (unpaired) electrons. The molecule has 0 amide bonds. The first kappa shape index (κ1) is 17.0. The van der Waals surface area contributed by atoms with Gasteiger partial charge in [0.05, 0.1) is 4.92 Å². The lowest BCUT2D eigenvalue weighted by atomic mass is 9.78. The van der Waals surface area contributed by atoms with Gasteiger partial charge in [-0.1, -0.05) is 37.5 Å². The fourth-order valence-electron chi connectivity index (χ4n) is 5.48. The Morgan fingerprint density at radius 3 is 2.60 bits per heavy atom. The van der Waals surface area contributed by atoms with Crippen LogP contribution in [0.1, 0.15) is 50.5 Å². The van der Waals surface area contributed by atoms with Gasteiger partial charge in [0.15, 0.2) is 0 Å². The Balaban J connectivity index is 1.59. The van der Waals surface area contributed by atoms with Gasteiger partial charge < -0.3 is 0 Å². The van der Waals surface area contributed by atoms with E-state index in [1.54, 1.807) is 12.1 Å². The van der Waals surface area contributed by atoms with E-state index in [4.69, 9.17) is 0 Å². The average Bonchev–Trinajstić information content (AvgIpc) is 3.11. The van der Waals surface area contributed by atoms with Gasteiger partial charge in [-0.2, -0.15) is 0 Å². The fraction of sp³-hybridized carbons (Fsp3) is 0.700. The first-order chi connectivity index (χ1) is 12.2. The van der Waals surface area contributed by atoms with Crippen LogP contribution in [-0.2, 0) is 6.54 Å². The topological polar surface area (TPSA) is 49.6 Å². The van der Waals surface area contributed by atoms with Crippen molar-refractivity contribution in [3.05, 3.63) is 39.9 Å². The molecule has 1 aliphatic carbocycles. The van der Waals surface area contributed by atoms with Crippen molar-refractivity contribution in [3.63, 3.8) is 0 Å². The van der Waals surface area contributed by atoms with Gasteiger partial charge in [-0.15, -0.1) is 0 Å². The lowest BCUT2D eigenvalue weighted by Gasteiger charge is -2.49. The molecule has 1 aromatic rings. The predicted octanol–water partition coefficient (Wildman–Crippen LogP) is 3.82. The predicted molar refractivity (Wildman–Crippen MR) is 98.5 cm³/mol. The van der Waals surface area contributed by atoms with Gasteiger partial charge >= 0.3 is 0 Å². The number of piperazine rings is 1. The lowest BCUT2D eigenvalue weighted by Crippen LogP contribution is -2.59. The van der Waals surface area contributed by atoms with Gasteiger partial charge in [-0.3, -0.25) is 19.9 Å². The molecular formula is C20H29N3O2. The Morgan fingerprint density at radius 2 is 1.80 bits per heavy atom. The van der Waals surface area contributed by atoms with Crippen LogP contribution in [0, 0.1) is 16.0 Å². The summed E-state index contributed by atoms with van der Waals surface area (Å²) in [6.45, 7) is 4.13. The summed E-state index contributed by atoms with van der Waals surface area (Å²) in [5.41, 5.74) is 1.15. The highest BCUT2D eigenvalue weighted by Gasteiger charge is 2.43. The molecule has 0 bridgehead atoms. The molecule has 2 aliphatic heterocycles. The molecule has 0 spiro atoms. The number of nitro benzene ring substituents is 1. The third-order valence-electron chi connectivity index (χ3n) is 6.60. The molecule has 2 unspecified atom stereocenters. The summed E-state index contributed by atoms with van der Waals surface area (Å²) in [7, 11) is 0. The van der Waals surface area contributed by atoms with Gasteiger partial charge in [0.2, 0.25) is 0 Å². The molecule has 5 heteroatoms. The Morgan fingerprint density at radius 1 is 1.00 bits per heavy atom. The summed E-state index contributed by atoms with van der Waals surface area (Å²) in [6, 6.07) is 8.54. The maximum absolute atomic E-state index is 11.4. The van der Waals surface area contributed by atoms with Crippen molar-refractivity contribution in [2.45, 2.75) is 63.6 Å². The van der Waals surface area contributed by atoms with Gasteiger partial charge in [0.25, 0.3) is 5.69 Å². The van der Waals surface area contributed by atoms with Crippen molar-refractivity contribution in [3.8, 4) is 0 Å². The molecule has 0 aromatic heterocycles. The minimum Gasteiger partial charge on any atom is -0.298 e. The first-order valence-electron chi connectivity index (χ1n) is 9.94. The summed E-state index contributed by atoms with van der Waals surface area (Å²) in [6.07, 6.45) is 9.37. The Kier molecular flexibility index (Phi) is 5.04. The van der Waals surface area contributed by atoms with E-state index >= 15 is 0 Å². The molecule has 2 atom stereocenters. The summed E-state index contributed by atoms with van der Waals surface area (Å²) < 4.78 is 0. The number of nitro groups is 1. The van der Waals surface area contributed by atoms with Crippen LogP contribution < -0.4 is 0 Å². The summed E-state index contributed by atoms with van der Waals surface area (Å²) in [5, 5.41) is 11.4. The molecule has 0 N–H and O–H groups in total. The van der Waals surface area contributed by atoms with Crippen molar-refractivity contribution in [1.82, 2.24) is 9.80 Å². The van der Waals surface area contributed by atoms with E-state index in [1.807, 2.05) is 12.1 Å². The van der Waals surface area contributed by atoms with Crippen LogP contribution in [-0.4, -0.2) is 46.4 Å². The van der Waals surface area contributed by atoms with Gasteiger partial charge in [0, 0.05) is 43.3 Å². The van der Waals surface area contributed by atoms with Crippen molar-refractivity contribution in [2.24, 2.45) is 5.92 Å². The number of para-hydroxylation sites is 1. The van der Waals surface area contributed by atoms with Gasteiger partial charge in [-0.05, 0) is 38.1 Å². The standard InChI is InChI=1S/C20H29N3O2/c24-23(25)18-10-5-4-9-17(18)15-22-14-13-21-12-6-11-19(21)20(22)16-7-2-1-3-8-16/h4-5,9-10,16,19-20H,1-3,6-8,11-15H2. The lowest BCUT2D eigenvalue weighted by molar-refractivity contribution is -0.385. The molecule has 3 fully saturated rings. The molecule has 1 aromatic carbocycles. The third kappa shape index (κ3) is 3.44. The zero-order chi connectivity index (χ0) is 17.2. The number of rotatable bonds is 4. The van der Waals surface area contributed by atoms with Crippen LogP contribution >= 0.6 is 0 Å². The van der Waals surface area contributed by atoms with Crippen molar-refractivity contribution >= 4 is 5.69 Å². The smallest absolute Gasteiger partial charge is 0.273 e. The van der Waals surface area contributed by atoms with Crippen LogP contribution in [0.15, 0.2) is 24.3 Å². The molecule has 2 heterocycles. The molecule has 136 valence electrons. The molecule has 3 aliphatic rings. The fourth-order valence-corrected chi connectivity index (χ4v) is 5.48. The number of hydrogen-bond donors (Lipinski definition) is 0. The van der Waals surface area contributed by atoms with Crippen molar-refractivity contribution in [1.29, 1.82) is 0 Å². The Labute approximate surface area is 150 Å². The highest BCUT2D eigenvalue weighted by Crippen LogP contribution is 2.38. The number of hydrogen-bond acceptors (Lipinski definition) is 4. The maximum Gasteiger partial charge on any atom is 0.273 e. The van der Waals surface area contributed by atoms with E-state index in [2.05, 4.69) is 9.80 Å². The zero-order valence-corrected chi connectivity index (χ0v) is 15.0. The van der Waals surface area contributed by atoms with Crippen LogP contribution in [0.5, 0.6) is 0 Å². The van der Waals surface area contributed by atoms with E-state index in [0.29, 0.717) is 12.1 Å². The third-order valence-corrected chi connectivity index (χ3v) is 6.60. The highest BCUT2D eigenvalue weighted by molar-refractivity contribution is 5.39. The van der Waals surface area contributed by atoms with E-state index in [9.17, 15) is 10.1 Å². The maximum atomic E-state index is 11.4. The minimum absolute atomic E-state index is 0.225. The molecule has 4 rings (SSSR count). The highest BCUT2D eigenvalue weighted by atomic mass is 16.6. The van der Waals surface area contributed by atoms with Gasteiger partial charge in [-0.25, -0.2) is 0 Å². The second-order valence-electron chi connectivity index (χ2n) is 7.99. The second kappa shape index (κ2) is 7.42. The molecule has 2 saturated heterocycles. The van der Waals surface area contributed by atoms with Gasteiger partial charge in [0.1, 0.15) is 0 Å². The van der Waals surface area contributed by atoms with Crippen LogP contribution in [0.3, 0.4) is 0 Å². The quantitative estimate of drug-likeness (QED) is 0.616. The summed E-state index contributed by atoms with van der Waals surface area (Å²) in [4.78, 5) is 16.5. The monoisotopic (exact) mass is 343 g/mol. The van der Waals surface area contributed by atoms with E-state index in [1.165, 1.54) is 51.5 Å². The Bertz CT molecular complexity index is 615. The van der Waals surface area contributed by atoms with Crippen LogP contribution in [0.4, 0.5) is 5.69 Å². The molecule has 25 heavy (non-hydrogen) atoms. The first-order valence-corrected chi connectivity index (χ1v) is 9.94. The summed E-state index contributed by atoms with van der Waals surface area (Å²) in [5.74, 6) is 0.766. The van der Waals surface area contributed by atoms with E-state index in [-0.39, 0.29) is 10.6 Å². The molecule has 5 nitrogen and oxygen atoms in total. The normalized spacial score (nSPS) is 28.8. The molecule has 1 saturated carbocycles. The van der Waals surface area contributed by atoms with Crippen molar-refractivity contribution < 1.29 is 4.92 Å². The van der Waals surface area contributed by atoms with E-state index < -0.39 is 0 Å². The summed E-state index contributed by atoms with van der Waals surface area (Å²) >= 11 is 0. The van der Waals surface area contributed by atoms with Crippen LogP contribution in [0.25, 0.3) is 0 Å². The average molecular weight is 343 g/mol. The van der Waals surface area contributed by atoms with Crippen LogP contribution in [0.2, 0.25) is 0 Å².